The highest BCUT2D eigenvalue weighted by molar-refractivity contribution is 5.93. The van der Waals surface area contributed by atoms with Crippen LogP contribution in [0.15, 0.2) is 24.5 Å². The summed E-state index contributed by atoms with van der Waals surface area (Å²) in [6.07, 6.45) is 6.86. The van der Waals surface area contributed by atoms with E-state index < -0.39 is 0 Å². The maximum atomic E-state index is 12.1. The zero-order valence-electron chi connectivity index (χ0n) is 13.7. The number of hydrogen-bond acceptors (Lipinski definition) is 2. The molecule has 0 N–H and O–H groups in total. The topological polar surface area (TPSA) is 33.2 Å². The van der Waals surface area contributed by atoms with Crippen LogP contribution in [0, 0.1) is 5.92 Å². The number of likely N-dealkylation sites (tertiary alicyclic amines) is 1. The first-order valence-electron chi connectivity index (χ1n) is 8.00. The number of piperidine rings is 1. The first-order chi connectivity index (χ1) is 9.81. The van der Waals surface area contributed by atoms with Gasteiger partial charge >= 0.3 is 0 Å². The number of pyridine rings is 1. The first-order valence-corrected chi connectivity index (χ1v) is 8.00. The van der Waals surface area contributed by atoms with Crippen LogP contribution in [-0.2, 0) is 0 Å². The van der Waals surface area contributed by atoms with E-state index in [9.17, 15) is 4.79 Å². The van der Waals surface area contributed by atoms with E-state index in [0.29, 0.717) is 5.56 Å². The Bertz CT molecular complexity index is 343. The van der Waals surface area contributed by atoms with Crippen LogP contribution < -0.4 is 0 Å². The fraction of sp³-hybridized carbons (Fsp3) is 0.647. The first kappa shape index (κ1) is 18.6. The van der Waals surface area contributed by atoms with Crippen molar-refractivity contribution in [1.82, 2.24) is 9.88 Å². The van der Waals surface area contributed by atoms with Gasteiger partial charge in [-0.05, 0) is 30.9 Å². The molecule has 114 valence electrons. The summed E-state index contributed by atoms with van der Waals surface area (Å²) in [5.41, 5.74) is 0.706. The molecule has 0 spiro atoms. The monoisotopic (exact) mass is 278 g/mol. The fourth-order valence-corrected chi connectivity index (χ4v) is 2.22. The number of carbonyl (C=O) groups excluding carboxylic acids is 1. The molecule has 0 saturated carbocycles. The van der Waals surface area contributed by atoms with E-state index >= 15 is 0 Å². The normalized spacial score (nSPS) is 14.6. The lowest BCUT2D eigenvalue weighted by Crippen LogP contribution is -2.38. The summed E-state index contributed by atoms with van der Waals surface area (Å²) in [6.45, 7) is 12.0. The Hall–Kier alpha value is -1.38. The van der Waals surface area contributed by atoms with Crippen molar-refractivity contribution in [2.24, 2.45) is 5.92 Å². The molecule has 0 aromatic carbocycles. The Morgan fingerprint density at radius 1 is 1.25 bits per heavy atom. The molecule has 3 heteroatoms. The molecule has 3 nitrogen and oxygen atoms in total. The highest BCUT2D eigenvalue weighted by Gasteiger charge is 2.22. The maximum absolute atomic E-state index is 12.1. The van der Waals surface area contributed by atoms with Crippen molar-refractivity contribution in [3.05, 3.63) is 30.1 Å². The molecule has 1 saturated heterocycles. The van der Waals surface area contributed by atoms with E-state index in [4.69, 9.17) is 0 Å². The Morgan fingerprint density at radius 3 is 2.30 bits per heavy atom. The molecule has 0 aliphatic carbocycles. The Labute approximate surface area is 124 Å². The summed E-state index contributed by atoms with van der Waals surface area (Å²) in [5, 5.41) is 0. The SMILES string of the molecule is CC.CC.CCC1CCN(C(=O)c2cccnc2)CC1. The predicted molar refractivity (Wildman–Crippen MR) is 85.9 cm³/mol. The molecule has 2 rings (SSSR count). The van der Waals surface area contributed by atoms with Gasteiger partial charge in [0, 0.05) is 25.5 Å². The lowest BCUT2D eigenvalue weighted by molar-refractivity contribution is 0.0688. The van der Waals surface area contributed by atoms with E-state index in [2.05, 4.69) is 11.9 Å². The van der Waals surface area contributed by atoms with Crippen LogP contribution in [0.2, 0.25) is 0 Å². The van der Waals surface area contributed by atoms with Gasteiger partial charge in [0.05, 0.1) is 5.56 Å². The van der Waals surface area contributed by atoms with Gasteiger partial charge < -0.3 is 4.90 Å². The molecule has 0 radical (unpaired) electrons. The molecule has 1 aliphatic heterocycles. The fourth-order valence-electron chi connectivity index (χ4n) is 2.22. The molecule has 0 unspecified atom stereocenters. The minimum absolute atomic E-state index is 0.127. The number of amides is 1. The van der Waals surface area contributed by atoms with Crippen LogP contribution in [0.4, 0.5) is 0 Å². The third-order valence-electron chi connectivity index (χ3n) is 3.39. The highest BCUT2D eigenvalue weighted by Crippen LogP contribution is 2.21. The molecule has 1 aliphatic rings. The molecule has 1 aromatic rings. The Morgan fingerprint density at radius 2 is 1.85 bits per heavy atom. The molecule has 1 amide bonds. The third-order valence-corrected chi connectivity index (χ3v) is 3.39. The largest absolute Gasteiger partial charge is 0.339 e. The van der Waals surface area contributed by atoms with Gasteiger partial charge in [0.15, 0.2) is 0 Å². The molecule has 2 heterocycles. The second-order valence-electron chi connectivity index (χ2n) is 4.39. The molecular formula is C17H30N2O. The van der Waals surface area contributed by atoms with Gasteiger partial charge in [-0.25, -0.2) is 0 Å². The van der Waals surface area contributed by atoms with Crippen molar-refractivity contribution < 1.29 is 4.79 Å². The molecular weight excluding hydrogens is 248 g/mol. The number of carbonyl (C=O) groups is 1. The quantitative estimate of drug-likeness (QED) is 0.803. The van der Waals surface area contributed by atoms with Crippen molar-refractivity contribution in [2.45, 2.75) is 53.9 Å². The van der Waals surface area contributed by atoms with E-state index in [0.717, 1.165) is 31.8 Å². The van der Waals surface area contributed by atoms with Crippen molar-refractivity contribution in [1.29, 1.82) is 0 Å². The van der Waals surface area contributed by atoms with Crippen LogP contribution in [0.25, 0.3) is 0 Å². The van der Waals surface area contributed by atoms with Crippen LogP contribution in [0.5, 0.6) is 0 Å². The van der Waals surface area contributed by atoms with Crippen LogP contribution in [0.3, 0.4) is 0 Å². The zero-order valence-corrected chi connectivity index (χ0v) is 13.7. The van der Waals surface area contributed by atoms with Gasteiger partial charge in [0.2, 0.25) is 0 Å². The van der Waals surface area contributed by atoms with Crippen molar-refractivity contribution in [2.75, 3.05) is 13.1 Å². The van der Waals surface area contributed by atoms with Crippen molar-refractivity contribution in [3.63, 3.8) is 0 Å². The van der Waals surface area contributed by atoms with E-state index in [-0.39, 0.29) is 5.91 Å². The minimum Gasteiger partial charge on any atom is -0.339 e. The van der Waals surface area contributed by atoms with E-state index in [1.807, 2.05) is 44.7 Å². The lowest BCUT2D eigenvalue weighted by atomic mass is 9.94. The number of aromatic nitrogens is 1. The van der Waals surface area contributed by atoms with Crippen LogP contribution in [0.1, 0.15) is 64.2 Å². The van der Waals surface area contributed by atoms with Crippen LogP contribution in [-0.4, -0.2) is 28.9 Å². The Kier molecular flexibility index (Phi) is 10.7. The van der Waals surface area contributed by atoms with Crippen LogP contribution >= 0.6 is 0 Å². The number of hydrogen-bond donors (Lipinski definition) is 0. The molecule has 0 atom stereocenters. The molecule has 0 bridgehead atoms. The summed E-state index contributed by atoms with van der Waals surface area (Å²) >= 11 is 0. The summed E-state index contributed by atoms with van der Waals surface area (Å²) in [4.78, 5) is 18.0. The number of nitrogens with zero attached hydrogens (tertiary/aromatic N) is 2. The maximum Gasteiger partial charge on any atom is 0.255 e. The summed E-state index contributed by atoms with van der Waals surface area (Å²) in [6, 6.07) is 3.65. The third kappa shape index (κ3) is 5.72. The molecule has 20 heavy (non-hydrogen) atoms. The van der Waals surface area contributed by atoms with E-state index in [1.54, 1.807) is 12.4 Å². The molecule has 1 aromatic heterocycles. The van der Waals surface area contributed by atoms with Gasteiger partial charge in [-0.3, -0.25) is 9.78 Å². The second kappa shape index (κ2) is 11.4. The molecule has 1 fully saturated rings. The van der Waals surface area contributed by atoms with Gasteiger partial charge in [-0.1, -0.05) is 41.0 Å². The average Bonchev–Trinajstić information content (AvgIpc) is 2.59. The lowest BCUT2D eigenvalue weighted by Gasteiger charge is -2.31. The minimum atomic E-state index is 0.127. The summed E-state index contributed by atoms with van der Waals surface area (Å²) < 4.78 is 0. The highest BCUT2D eigenvalue weighted by atomic mass is 16.2. The summed E-state index contributed by atoms with van der Waals surface area (Å²) in [7, 11) is 0. The van der Waals surface area contributed by atoms with Gasteiger partial charge in [0.1, 0.15) is 0 Å². The van der Waals surface area contributed by atoms with Gasteiger partial charge in [-0.2, -0.15) is 0 Å². The van der Waals surface area contributed by atoms with Gasteiger partial charge in [-0.15, -0.1) is 0 Å². The average molecular weight is 278 g/mol. The van der Waals surface area contributed by atoms with Gasteiger partial charge in [0.25, 0.3) is 5.91 Å². The Balaban J connectivity index is 0.000000829. The predicted octanol–water partition coefficient (Wildman–Crippen LogP) is 4.40. The standard InChI is InChI=1S/C13H18N2O.2C2H6/c1-2-11-5-8-15(9-6-11)13(16)12-4-3-7-14-10-12;2*1-2/h3-4,7,10-11H,2,5-6,8-9H2,1H3;2*1-2H3. The smallest absolute Gasteiger partial charge is 0.255 e. The number of rotatable bonds is 2. The van der Waals surface area contributed by atoms with Crippen molar-refractivity contribution >= 4 is 5.91 Å². The zero-order chi connectivity index (χ0) is 15.4. The second-order valence-corrected chi connectivity index (χ2v) is 4.39. The summed E-state index contributed by atoms with van der Waals surface area (Å²) in [5.74, 6) is 0.931. The van der Waals surface area contributed by atoms with E-state index in [1.165, 1.54) is 6.42 Å². The van der Waals surface area contributed by atoms with Crippen molar-refractivity contribution in [3.8, 4) is 0 Å².